The highest BCUT2D eigenvalue weighted by atomic mass is 32.2. The van der Waals surface area contributed by atoms with Crippen molar-refractivity contribution in [2.24, 2.45) is 5.73 Å². The van der Waals surface area contributed by atoms with Crippen LogP contribution in [0.1, 0.15) is 28.3 Å². The second-order valence-corrected chi connectivity index (χ2v) is 7.61. The fraction of sp³-hybridized carbons (Fsp3) is 0.294. The molecule has 0 aromatic heterocycles. The van der Waals surface area contributed by atoms with Gasteiger partial charge in [-0.15, -0.1) is 0 Å². The van der Waals surface area contributed by atoms with Crippen LogP contribution in [0.5, 0.6) is 0 Å². The van der Waals surface area contributed by atoms with E-state index < -0.39 is 15.9 Å². The minimum Gasteiger partial charge on any atom is -0.323 e. The van der Waals surface area contributed by atoms with Crippen molar-refractivity contribution in [3.8, 4) is 0 Å². The molecule has 21 heavy (non-hydrogen) atoms. The molecule has 0 bridgehead atoms. The summed E-state index contributed by atoms with van der Waals surface area (Å²) in [7, 11) is -3.24. The fourth-order valence-electron chi connectivity index (χ4n) is 2.25. The second-order valence-electron chi connectivity index (χ2n) is 5.50. The summed E-state index contributed by atoms with van der Waals surface area (Å²) in [5, 5.41) is 0. The lowest BCUT2D eigenvalue weighted by Gasteiger charge is -2.13. The average Bonchev–Trinajstić information content (AvgIpc) is 2.41. The first kappa shape index (κ1) is 15.7. The van der Waals surface area contributed by atoms with Crippen LogP contribution in [0.3, 0.4) is 0 Å². The molecule has 1 unspecified atom stereocenters. The quantitative estimate of drug-likeness (QED) is 0.924. The number of sulfone groups is 1. The van der Waals surface area contributed by atoms with Crippen LogP contribution in [0.2, 0.25) is 0 Å². The van der Waals surface area contributed by atoms with Crippen molar-refractivity contribution in [3.63, 3.8) is 0 Å². The zero-order chi connectivity index (χ0) is 15.5. The van der Waals surface area contributed by atoms with Gasteiger partial charge in [-0.25, -0.2) is 8.42 Å². The molecule has 3 nitrogen and oxygen atoms in total. The molecule has 1 atom stereocenters. The van der Waals surface area contributed by atoms with E-state index in [2.05, 4.69) is 0 Å². The van der Waals surface area contributed by atoms with E-state index in [-0.39, 0.29) is 11.5 Å². The molecule has 4 heteroatoms. The van der Waals surface area contributed by atoms with Crippen molar-refractivity contribution in [3.05, 3.63) is 70.8 Å². The summed E-state index contributed by atoms with van der Waals surface area (Å²) in [5.74, 6) is 0.00360. The molecule has 2 N–H and O–H groups in total. The van der Waals surface area contributed by atoms with Gasteiger partial charge in [0.1, 0.15) is 0 Å². The van der Waals surface area contributed by atoms with Crippen molar-refractivity contribution in [1.82, 2.24) is 0 Å². The topological polar surface area (TPSA) is 60.2 Å². The van der Waals surface area contributed by atoms with Gasteiger partial charge in [-0.1, -0.05) is 54.1 Å². The summed E-state index contributed by atoms with van der Waals surface area (Å²) < 4.78 is 24.6. The molecule has 0 saturated carbocycles. The zero-order valence-electron chi connectivity index (χ0n) is 12.4. The molecule has 112 valence electrons. The highest BCUT2D eigenvalue weighted by Gasteiger charge is 2.19. The molecule has 0 saturated heterocycles. The van der Waals surface area contributed by atoms with Crippen LogP contribution in [0.25, 0.3) is 0 Å². The Hall–Kier alpha value is -1.65. The van der Waals surface area contributed by atoms with E-state index in [4.69, 9.17) is 5.73 Å². The third-order valence-electron chi connectivity index (χ3n) is 3.58. The Morgan fingerprint density at radius 1 is 1.00 bits per heavy atom. The lowest BCUT2D eigenvalue weighted by atomic mass is 10.1. The Morgan fingerprint density at radius 2 is 1.62 bits per heavy atom. The molecule has 0 aliphatic carbocycles. The molecular formula is C17H21NO2S. The second kappa shape index (κ2) is 6.41. The van der Waals surface area contributed by atoms with Gasteiger partial charge >= 0.3 is 0 Å². The standard InChI is InChI=1S/C17H21NO2S/c1-13-7-9-15(10-8-13)17(18)12-21(19,20)11-16-6-4-3-5-14(16)2/h3-10,17H,11-12,18H2,1-2H3. The number of nitrogens with two attached hydrogens (primary N) is 1. The van der Waals surface area contributed by atoms with E-state index in [1.165, 1.54) is 0 Å². The molecule has 0 spiro atoms. The van der Waals surface area contributed by atoms with E-state index in [0.29, 0.717) is 0 Å². The van der Waals surface area contributed by atoms with Gasteiger partial charge in [-0.05, 0) is 30.5 Å². The zero-order valence-corrected chi connectivity index (χ0v) is 13.2. The Balaban J connectivity index is 2.10. The fourth-order valence-corrected chi connectivity index (χ4v) is 3.91. The van der Waals surface area contributed by atoms with E-state index in [1.54, 1.807) is 0 Å². The minimum atomic E-state index is -3.24. The van der Waals surface area contributed by atoms with Crippen LogP contribution in [-0.4, -0.2) is 14.2 Å². The van der Waals surface area contributed by atoms with Gasteiger partial charge in [0.05, 0.1) is 11.5 Å². The molecule has 0 radical (unpaired) electrons. The van der Waals surface area contributed by atoms with E-state index in [9.17, 15) is 8.42 Å². The van der Waals surface area contributed by atoms with E-state index in [1.807, 2.05) is 62.4 Å². The molecule has 0 heterocycles. The summed E-state index contributed by atoms with van der Waals surface area (Å²) in [4.78, 5) is 0. The van der Waals surface area contributed by atoms with Crippen LogP contribution in [0.4, 0.5) is 0 Å². The first-order valence-electron chi connectivity index (χ1n) is 6.94. The number of aryl methyl sites for hydroxylation is 2. The van der Waals surface area contributed by atoms with Crippen LogP contribution in [-0.2, 0) is 15.6 Å². The summed E-state index contributed by atoms with van der Waals surface area (Å²) in [6.45, 7) is 3.91. The van der Waals surface area contributed by atoms with Crippen molar-refractivity contribution >= 4 is 9.84 Å². The lowest BCUT2D eigenvalue weighted by Crippen LogP contribution is -2.23. The number of hydrogen-bond acceptors (Lipinski definition) is 3. The Bertz CT molecular complexity index is 706. The number of hydrogen-bond donors (Lipinski definition) is 1. The van der Waals surface area contributed by atoms with Crippen molar-refractivity contribution in [1.29, 1.82) is 0 Å². The van der Waals surface area contributed by atoms with Gasteiger partial charge in [0, 0.05) is 6.04 Å². The molecular weight excluding hydrogens is 282 g/mol. The summed E-state index contributed by atoms with van der Waals surface area (Å²) in [5.41, 5.74) is 9.86. The van der Waals surface area contributed by atoms with Gasteiger partial charge in [0.15, 0.2) is 9.84 Å². The molecule has 0 fully saturated rings. The molecule has 2 aromatic rings. The number of benzene rings is 2. The van der Waals surface area contributed by atoms with Gasteiger partial charge < -0.3 is 5.73 Å². The smallest absolute Gasteiger partial charge is 0.156 e. The van der Waals surface area contributed by atoms with Gasteiger partial charge in [-0.2, -0.15) is 0 Å². The third-order valence-corrected chi connectivity index (χ3v) is 5.19. The predicted molar refractivity (Wildman–Crippen MR) is 86.8 cm³/mol. The maximum absolute atomic E-state index is 12.3. The molecule has 0 amide bonds. The monoisotopic (exact) mass is 303 g/mol. The van der Waals surface area contributed by atoms with Crippen LogP contribution in [0, 0.1) is 13.8 Å². The first-order chi connectivity index (χ1) is 9.87. The van der Waals surface area contributed by atoms with Crippen molar-refractivity contribution in [2.75, 3.05) is 5.75 Å². The first-order valence-corrected chi connectivity index (χ1v) is 8.76. The molecule has 0 aliphatic rings. The van der Waals surface area contributed by atoms with E-state index >= 15 is 0 Å². The molecule has 2 aromatic carbocycles. The summed E-state index contributed by atoms with van der Waals surface area (Å²) in [6.07, 6.45) is 0. The summed E-state index contributed by atoms with van der Waals surface area (Å²) in [6, 6.07) is 14.7. The van der Waals surface area contributed by atoms with Crippen LogP contribution in [0.15, 0.2) is 48.5 Å². The molecule has 0 aliphatic heterocycles. The normalized spacial score (nSPS) is 13.1. The van der Waals surface area contributed by atoms with Crippen LogP contribution < -0.4 is 5.73 Å². The van der Waals surface area contributed by atoms with E-state index in [0.717, 1.165) is 22.3 Å². The highest BCUT2D eigenvalue weighted by Crippen LogP contribution is 2.17. The van der Waals surface area contributed by atoms with Gasteiger partial charge in [-0.3, -0.25) is 0 Å². The maximum atomic E-state index is 12.3. The SMILES string of the molecule is Cc1ccc(C(N)CS(=O)(=O)Cc2ccccc2C)cc1. The average molecular weight is 303 g/mol. The third kappa shape index (κ3) is 4.41. The van der Waals surface area contributed by atoms with Crippen molar-refractivity contribution in [2.45, 2.75) is 25.6 Å². The largest absolute Gasteiger partial charge is 0.323 e. The Labute approximate surface area is 126 Å². The van der Waals surface area contributed by atoms with Gasteiger partial charge in [0.2, 0.25) is 0 Å². The molecule has 2 rings (SSSR count). The Morgan fingerprint density at radius 3 is 2.24 bits per heavy atom. The Kier molecular flexibility index (Phi) is 4.80. The summed E-state index contributed by atoms with van der Waals surface area (Å²) >= 11 is 0. The minimum absolute atomic E-state index is 0.0373. The highest BCUT2D eigenvalue weighted by molar-refractivity contribution is 7.90. The van der Waals surface area contributed by atoms with Crippen molar-refractivity contribution < 1.29 is 8.42 Å². The predicted octanol–water partition coefficient (Wildman–Crippen LogP) is 2.92. The van der Waals surface area contributed by atoms with Gasteiger partial charge in [0.25, 0.3) is 0 Å². The maximum Gasteiger partial charge on any atom is 0.156 e. The number of rotatable bonds is 5. The lowest BCUT2D eigenvalue weighted by molar-refractivity contribution is 0.588. The van der Waals surface area contributed by atoms with Crippen LogP contribution >= 0.6 is 0 Å².